The summed E-state index contributed by atoms with van der Waals surface area (Å²) in [5.74, 6) is 0.849. The van der Waals surface area contributed by atoms with E-state index in [4.69, 9.17) is 0 Å². The first kappa shape index (κ1) is 20.6. The van der Waals surface area contributed by atoms with Crippen LogP contribution in [0.15, 0.2) is 60.7 Å². The molecule has 0 saturated heterocycles. The molecule has 2 aromatic heterocycles. The van der Waals surface area contributed by atoms with Crippen molar-refractivity contribution in [3.63, 3.8) is 0 Å². The number of fused-ring (bicyclic) bond motifs is 1. The van der Waals surface area contributed by atoms with Crippen molar-refractivity contribution in [2.24, 2.45) is 0 Å². The molecule has 0 spiro atoms. The second kappa shape index (κ2) is 8.36. The summed E-state index contributed by atoms with van der Waals surface area (Å²) in [4.78, 5) is 6.12. The third-order valence-electron chi connectivity index (χ3n) is 7.08. The predicted octanol–water partition coefficient (Wildman–Crippen LogP) is 4.73. The number of nitrogens with zero attached hydrogens (tertiary/aromatic N) is 5. The highest BCUT2D eigenvalue weighted by atomic mass is 15.5. The van der Waals surface area contributed by atoms with E-state index in [0.29, 0.717) is 0 Å². The van der Waals surface area contributed by atoms with Crippen LogP contribution in [0, 0.1) is 6.92 Å². The van der Waals surface area contributed by atoms with Gasteiger partial charge in [0.2, 0.25) is 0 Å². The summed E-state index contributed by atoms with van der Waals surface area (Å²) in [5.41, 5.74) is 6.68. The minimum atomic E-state index is 0.0421. The van der Waals surface area contributed by atoms with E-state index < -0.39 is 0 Å². The zero-order valence-corrected chi connectivity index (χ0v) is 19.0. The number of H-pyrrole nitrogens is 1. The Kier molecular flexibility index (Phi) is 5.39. The van der Waals surface area contributed by atoms with Crippen LogP contribution in [0.1, 0.15) is 41.9 Å². The van der Waals surface area contributed by atoms with Crippen molar-refractivity contribution in [1.82, 2.24) is 30.1 Å². The molecule has 0 aliphatic heterocycles. The van der Waals surface area contributed by atoms with E-state index in [1.807, 2.05) is 11.6 Å². The zero-order chi connectivity index (χ0) is 22.1. The van der Waals surface area contributed by atoms with Gasteiger partial charge in [-0.1, -0.05) is 54.6 Å². The van der Waals surface area contributed by atoms with E-state index in [-0.39, 0.29) is 5.54 Å². The molecule has 0 fully saturated rings. The van der Waals surface area contributed by atoms with Gasteiger partial charge in [0.15, 0.2) is 0 Å². The largest absolute Gasteiger partial charge is 0.355 e. The quantitative estimate of drug-likeness (QED) is 0.484. The number of para-hydroxylation sites is 1. The van der Waals surface area contributed by atoms with E-state index in [0.717, 1.165) is 38.1 Å². The third-order valence-corrected chi connectivity index (χ3v) is 7.08. The van der Waals surface area contributed by atoms with Crippen molar-refractivity contribution in [1.29, 1.82) is 0 Å². The minimum absolute atomic E-state index is 0.0421. The standard InChI is InChI=1S/C26H30N6/c1-19-28-29-30-32(19)18-15-23-22-11-7-8-12-24(22)27-25(23)20-13-16-26(17-14-20,31(2)3)21-9-5-4-6-10-21/h4-13,27H,14-18H2,1-3H3. The minimum Gasteiger partial charge on any atom is -0.355 e. The van der Waals surface area contributed by atoms with Gasteiger partial charge in [-0.3, -0.25) is 4.90 Å². The average Bonchev–Trinajstić information content (AvgIpc) is 3.41. The topological polar surface area (TPSA) is 62.6 Å². The monoisotopic (exact) mass is 426 g/mol. The summed E-state index contributed by atoms with van der Waals surface area (Å²) in [6, 6.07) is 19.5. The zero-order valence-electron chi connectivity index (χ0n) is 19.0. The second-order valence-electron chi connectivity index (χ2n) is 8.95. The van der Waals surface area contributed by atoms with E-state index in [2.05, 4.69) is 100 Å². The van der Waals surface area contributed by atoms with Crippen LogP contribution >= 0.6 is 0 Å². The maximum absolute atomic E-state index is 4.13. The molecule has 6 heteroatoms. The number of hydrogen-bond donors (Lipinski definition) is 1. The summed E-state index contributed by atoms with van der Waals surface area (Å²) in [6.07, 6.45) is 6.47. The number of aromatic amines is 1. The molecule has 1 aliphatic rings. The molecule has 1 aliphatic carbocycles. The molecule has 0 saturated carbocycles. The van der Waals surface area contributed by atoms with Crippen molar-refractivity contribution in [3.8, 4) is 0 Å². The molecule has 1 unspecified atom stereocenters. The van der Waals surface area contributed by atoms with Crippen molar-refractivity contribution in [3.05, 3.63) is 83.3 Å². The van der Waals surface area contributed by atoms with Crippen LogP contribution in [0.3, 0.4) is 0 Å². The molecule has 2 aromatic carbocycles. The number of allylic oxidation sites excluding steroid dienone is 1. The highest BCUT2D eigenvalue weighted by molar-refractivity contribution is 5.89. The molecule has 4 aromatic rings. The van der Waals surface area contributed by atoms with Crippen LogP contribution in [0.5, 0.6) is 0 Å². The van der Waals surface area contributed by atoms with Crippen LogP contribution in [-0.2, 0) is 18.5 Å². The fourth-order valence-corrected chi connectivity index (χ4v) is 5.15. The summed E-state index contributed by atoms with van der Waals surface area (Å²) >= 11 is 0. The first-order valence-electron chi connectivity index (χ1n) is 11.3. The number of tetrazole rings is 1. The van der Waals surface area contributed by atoms with Crippen LogP contribution < -0.4 is 0 Å². The molecule has 164 valence electrons. The third kappa shape index (κ3) is 3.54. The summed E-state index contributed by atoms with van der Waals surface area (Å²) in [6.45, 7) is 2.72. The van der Waals surface area contributed by atoms with Gasteiger partial charge in [-0.05, 0) is 79.9 Å². The van der Waals surface area contributed by atoms with Gasteiger partial charge in [0.1, 0.15) is 5.82 Å². The van der Waals surface area contributed by atoms with Gasteiger partial charge in [-0.25, -0.2) is 4.68 Å². The van der Waals surface area contributed by atoms with Crippen molar-refractivity contribution < 1.29 is 0 Å². The molecular formula is C26H30N6. The van der Waals surface area contributed by atoms with E-state index >= 15 is 0 Å². The first-order valence-corrected chi connectivity index (χ1v) is 11.3. The van der Waals surface area contributed by atoms with Gasteiger partial charge in [-0.2, -0.15) is 0 Å². The Hall–Kier alpha value is -3.25. The lowest BCUT2D eigenvalue weighted by molar-refractivity contribution is 0.138. The van der Waals surface area contributed by atoms with Crippen molar-refractivity contribution >= 4 is 16.5 Å². The summed E-state index contributed by atoms with van der Waals surface area (Å²) < 4.78 is 1.88. The molecule has 0 radical (unpaired) electrons. The summed E-state index contributed by atoms with van der Waals surface area (Å²) in [7, 11) is 4.41. The molecule has 1 N–H and O–H groups in total. The van der Waals surface area contributed by atoms with E-state index in [1.165, 1.54) is 33.3 Å². The molecule has 0 bridgehead atoms. The fourth-order valence-electron chi connectivity index (χ4n) is 5.15. The van der Waals surface area contributed by atoms with Crippen molar-refractivity contribution in [2.45, 2.75) is 44.7 Å². The van der Waals surface area contributed by atoms with Crippen LogP contribution in [0.4, 0.5) is 0 Å². The Balaban J connectivity index is 1.50. The Morgan fingerprint density at radius 1 is 1.06 bits per heavy atom. The fraction of sp³-hybridized carbons (Fsp3) is 0.346. The SMILES string of the molecule is Cc1nnnn1CCc1c(C2=CCC(c3ccccc3)(N(C)C)CC2)[nH]c2ccccc12. The first-order chi connectivity index (χ1) is 15.6. The lowest BCUT2D eigenvalue weighted by Crippen LogP contribution is -2.42. The number of aromatic nitrogens is 5. The lowest BCUT2D eigenvalue weighted by atomic mass is 9.75. The van der Waals surface area contributed by atoms with Crippen LogP contribution in [0.25, 0.3) is 16.5 Å². The van der Waals surface area contributed by atoms with Gasteiger partial charge in [0, 0.05) is 28.7 Å². The molecule has 2 heterocycles. The van der Waals surface area contributed by atoms with Gasteiger partial charge < -0.3 is 4.98 Å². The van der Waals surface area contributed by atoms with Gasteiger partial charge in [0.25, 0.3) is 0 Å². The molecule has 6 nitrogen and oxygen atoms in total. The molecule has 0 amide bonds. The maximum Gasteiger partial charge on any atom is 0.148 e. The average molecular weight is 427 g/mol. The van der Waals surface area contributed by atoms with Gasteiger partial charge in [0.05, 0.1) is 0 Å². The Morgan fingerprint density at radius 2 is 1.84 bits per heavy atom. The number of hydrogen-bond acceptors (Lipinski definition) is 4. The second-order valence-corrected chi connectivity index (χ2v) is 8.95. The van der Waals surface area contributed by atoms with Crippen LogP contribution in [0.2, 0.25) is 0 Å². The Bertz CT molecular complexity index is 1250. The number of benzene rings is 2. The predicted molar refractivity (Wildman–Crippen MR) is 128 cm³/mol. The number of aryl methyl sites for hydroxylation is 3. The highest BCUT2D eigenvalue weighted by Crippen LogP contribution is 2.43. The maximum atomic E-state index is 4.13. The van der Waals surface area contributed by atoms with E-state index in [1.54, 1.807) is 0 Å². The lowest BCUT2D eigenvalue weighted by Gasteiger charge is -2.43. The van der Waals surface area contributed by atoms with E-state index in [9.17, 15) is 0 Å². The molecule has 1 atom stereocenters. The molecule has 5 rings (SSSR count). The van der Waals surface area contributed by atoms with Gasteiger partial charge >= 0.3 is 0 Å². The molecule has 32 heavy (non-hydrogen) atoms. The highest BCUT2D eigenvalue weighted by Gasteiger charge is 2.36. The Labute approximate surface area is 188 Å². The van der Waals surface area contributed by atoms with Crippen LogP contribution in [-0.4, -0.2) is 44.2 Å². The summed E-state index contributed by atoms with van der Waals surface area (Å²) in [5, 5.41) is 13.3. The Morgan fingerprint density at radius 3 is 2.53 bits per heavy atom. The smallest absolute Gasteiger partial charge is 0.148 e. The number of nitrogens with one attached hydrogen (secondary N) is 1. The van der Waals surface area contributed by atoms with Crippen molar-refractivity contribution in [2.75, 3.05) is 14.1 Å². The normalized spacial score (nSPS) is 18.9. The number of rotatable bonds is 6. The van der Waals surface area contributed by atoms with Gasteiger partial charge in [-0.15, -0.1) is 5.10 Å². The molecular weight excluding hydrogens is 396 g/mol.